The Balaban J connectivity index is 0.000000141. The molecule has 18 nitrogen and oxygen atoms in total. The van der Waals surface area contributed by atoms with E-state index in [1.165, 1.54) is 30.4 Å². The molecule has 19 heteroatoms. The molecule has 9 fully saturated rings. The third-order valence-electron chi connectivity index (χ3n) is 22.9. The van der Waals surface area contributed by atoms with Gasteiger partial charge in [0.1, 0.15) is 17.9 Å². The Morgan fingerprint density at radius 2 is 0.774 bits per heavy atom. The first kappa shape index (κ1) is 74.3. The smallest absolute Gasteiger partial charge is 0.411 e. The van der Waals surface area contributed by atoms with Crippen molar-refractivity contribution in [2.75, 3.05) is 94.9 Å². The fraction of sp³-hybridized carbons (Fsp3) is 0.448. The molecule has 6 saturated heterocycles. The van der Waals surface area contributed by atoms with Crippen LogP contribution in [0.4, 0.5) is 35.8 Å². The number of alkyl halides is 1. The maximum Gasteiger partial charge on any atom is 0.411 e. The van der Waals surface area contributed by atoms with Gasteiger partial charge >= 0.3 is 18.2 Å². The Morgan fingerprint density at radius 1 is 0.415 bits per heavy atom. The molecule has 3 saturated carbocycles. The third kappa shape index (κ3) is 18.4. The second-order valence-corrected chi connectivity index (χ2v) is 29.6. The lowest BCUT2D eigenvalue weighted by Crippen LogP contribution is -2.43. The van der Waals surface area contributed by atoms with Crippen LogP contribution in [0.25, 0.3) is 0 Å². The van der Waals surface area contributed by atoms with Crippen molar-refractivity contribution in [1.29, 1.82) is 0 Å². The topological polar surface area (TPSA) is 206 Å². The van der Waals surface area contributed by atoms with Gasteiger partial charge in [-0.1, -0.05) is 91.6 Å². The quantitative estimate of drug-likeness (QED) is 0.0712. The first-order valence-corrected chi connectivity index (χ1v) is 38.1. The summed E-state index contributed by atoms with van der Waals surface area (Å²) in [5.41, 5.74) is 11.1. The van der Waals surface area contributed by atoms with E-state index in [0.29, 0.717) is 161 Å². The van der Waals surface area contributed by atoms with Gasteiger partial charge in [-0.15, -0.1) is 19.3 Å². The summed E-state index contributed by atoms with van der Waals surface area (Å²) in [4.78, 5) is 83.3. The van der Waals surface area contributed by atoms with Crippen molar-refractivity contribution in [3.05, 3.63) is 194 Å². The fourth-order valence-electron chi connectivity index (χ4n) is 15.7. The van der Waals surface area contributed by atoms with Crippen LogP contribution in [0.15, 0.2) is 127 Å². The van der Waals surface area contributed by atoms with Crippen LogP contribution in [0.3, 0.4) is 0 Å². The largest absolute Gasteiger partial charge is 0.443 e. The molecular formula is C87H96FN7O11. The zero-order chi connectivity index (χ0) is 73.5. The Labute approximate surface area is 621 Å². The second kappa shape index (κ2) is 35.0. The van der Waals surface area contributed by atoms with Crippen molar-refractivity contribution < 1.29 is 56.8 Å². The highest BCUT2D eigenvalue weighted by molar-refractivity contribution is 5.99. The molecule has 0 spiro atoms. The highest BCUT2D eigenvalue weighted by Gasteiger charge is 2.39. The summed E-state index contributed by atoms with van der Waals surface area (Å²) in [6.45, 7) is 6.72. The molecular weight excluding hydrogens is 1340 g/mol. The number of halogens is 1. The minimum atomic E-state index is -1.48. The number of urea groups is 1. The lowest BCUT2D eigenvalue weighted by molar-refractivity contribution is 0.0420. The number of hydrogen-bond donors (Lipinski definition) is 4. The number of ether oxygens (including phenoxy) is 5. The summed E-state index contributed by atoms with van der Waals surface area (Å²) in [6, 6.07) is 40.1. The summed E-state index contributed by atoms with van der Waals surface area (Å²) in [5, 5.41) is 11.8. The summed E-state index contributed by atoms with van der Waals surface area (Å²) < 4.78 is 42.6. The zero-order valence-corrected chi connectivity index (χ0v) is 60.4. The van der Waals surface area contributed by atoms with Crippen LogP contribution in [-0.4, -0.2) is 148 Å². The minimum Gasteiger partial charge on any atom is -0.443 e. The van der Waals surface area contributed by atoms with Crippen molar-refractivity contribution in [3.63, 3.8) is 0 Å². The van der Waals surface area contributed by atoms with E-state index in [9.17, 15) is 28.8 Å². The van der Waals surface area contributed by atoms with Gasteiger partial charge in [0.15, 0.2) is 0 Å². The van der Waals surface area contributed by atoms with Gasteiger partial charge in [-0.3, -0.25) is 25.0 Å². The van der Waals surface area contributed by atoms with E-state index in [0.717, 1.165) is 104 Å². The molecule has 6 aromatic rings. The summed E-state index contributed by atoms with van der Waals surface area (Å²) in [7, 11) is 0. The normalized spacial score (nSPS) is 20.9. The molecule has 6 heterocycles. The van der Waals surface area contributed by atoms with Crippen molar-refractivity contribution in [1.82, 2.24) is 20.0 Å². The van der Waals surface area contributed by atoms with Crippen molar-refractivity contribution in [2.24, 2.45) is 0 Å². The number of rotatable bonds is 15. The number of nitrogens with zero attached hydrogens (tertiary/aromatic N) is 3. The van der Waals surface area contributed by atoms with Gasteiger partial charge in [0.05, 0.1) is 39.1 Å². The highest BCUT2D eigenvalue weighted by Crippen LogP contribution is 2.44. The second-order valence-electron chi connectivity index (χ2n) is 29.6. The number of carbonyl (C=O) groups is 6. The average molecular weight is 1430 g/mol. The highest BCUT2D eigenvalue weighted by atomic mass is 19.1. The number of benzene rings is 6. The third-order valence-corrected chi connectivity index (χ3v) is 22.9. The van der Waals surface area contributed by atoms with Gasteiger partial charge < -0.3 is 49.0 Å². The van der Waals surface area contributed by atoms with E-state index in [1.807, 2.05) is 82.6 Å². The lowest BCUT2D eigenvalue weighted by atomic mass is 9.79. The molecule has 6 aliphatic heterocycles. The fourth-order valence-corrected chi connectivity index (χ4v) is 15.7. The molecule has 0 unspecified atom stereocenters. The Morgan fingerprint density at radius 3 is 1.11 bits per heavy atom. The summed E-state index contributed by atoms with van der Waals surface area (Å²) in [6.07, 6.45) is 31.4. The molecule has 552 valence electrons. The number of carbonyl (C=O) groups excluding carboxylic acids is 6. The van der Waals surface area contributed by atoms with Gasteiger partial charge in [0, 0.05) is 122 Å². The number of anilines is 3. The van der Waals surface area contributed by atoms with E-state index in [2.05, 4.69) is 63.3 Å². The number of hydrogen-bond acceptors (Lipinski definition) is 11. The van der Waals surface area contributed by atoms with Gasteiger partial charge in [0.25, 0.3) is 17.7 Å². The molecule has 3 aliphatic carbocycles. The maximum absolute atomic E-state index is 15.7. The Bertz CT molecular complexity index is 4040. The molecule has 9 aliphatic rings. The average Bonchev–Trinajstić information content (AvgIpc) is 0.916. The van der Waals surface area contributed by atoms with E-state index in [-0.39, 0.29) is 54.8 Å². The molecule has 0 bridgehead atoms. The van der Waals surface area contributed by atoms with Crippen LogP contribution in [-0.2, 0) is 29.4 Å². The van der Waals surface area contributed by atoms with Gasteiger partial charge in [-0.2, -0.15) is 0 Å². The number of amides is 7. The molecule has 6 aromatic carbocycles. The first-order chi connectivity index (χ1) is 51.7. The van der Waals surface area contributed by atoms with Crippen LogP contribution in [0, 0.1) is 37.0 Å². The molecule has 15 rings (SSSR count). The summed E-state index contributed by atoms with van der Waals surface area (Å²) in [5.74, 6) is 9.82. The summed E-state index contributed by atoms with van der Waals surface area (Å²) >= 11 is 0. The molecule has 4 N–H and O–H groups in total. The molecule has 0 radical (unpaired) electrons. The molecule has 0 aromatic heterocycles. The predicted octanol–water partition coefficient (Wildman–Crippen LogP) is 15.5. The molecule has 106 heavy (non-hydrogen) atoms. The van der Waals surface area contributed by atoms with E-state index < -0.39 is 17.9 Å². The number of piperidine rings is 3. The SMILES string of the molecule is C#Cc1ccc(C2(F)CCN(C(=O)c3ccc(C4CCC4)c(NC(=O)N[C@@H]4CCOC4)c3)CC2)cc1.C#Cc1ccc(C2CCN(C(=O)c3ccc(C4CCC4)c(NC(=O)O[C@@H]4CCOC4)c3)CC2)cc1.C#Cc1ccc(C2CCN(C(=O)c3ccc(C4CCC4)c(NC(=O)O[C@H]4CCOC4)c3)CC2)cc1. The monoisotopic (exact) mass is 1430 g/mol. The van der Waals surface area contributed by atoms with Crippen LogP contribution in [0.5, 0.6) is 0 Å². The van der Waals surface area contributed by atoms with Gasteiger partial charge in [-0.25, -0.2) is 18.8 Å². The predicted molar refractivity (Wildman–Crippen MR) is 406 cm³/mol. The van der Waals surface area contributed by atoms with Crippen molar-refractivity contribution in [3.8, 4) is 37.0 Å². The van der Waals surface area contributed by atoms with Gasteiger partial charge in [0.2, 0.25) is 0 Å². The number of terminal acetylenes is 3. The van der Waals surface area contributed by atoms with E-state index in [4.69, 9.17) is 43.0 Å². The van der Waals surface area contributed by atoms with Crippen molar-refractivity contribution >= 4 is 53.0 Å². The number of likely N-dealkylation sites (tertiary alicyclic amines) is 3. The number of nitrogens with one attached hydrogen (secondary N) is 4. The maximum atomic E-state index is 15.7. The lowest BCUT2D eigenvalue weighted by Gasteiger charge is -2.37. The Kier molecular flexibility index (Phi) is 24.5. The van der Waals surface area contributed by atoms with Crippen LogP contribution < -0.4 is 21.3 Å². The van der Waals surface area contributed by atoms with Gasteiger partial charge in [-0.05, 0) is 206 Å². The van der Waals surface area contributed by atoms with Crippen LogP contribution in [0.2, 0.25) is 0 Å². The standard InChI is InChI=1S/C29H32FN3O3.2C29H32N2O4/c1-2-20-6-9-23(10-7-20)29(30)13-15-33(16-14-29)27(34)22-8-11-25(21-4-3-5-21)26(18-22)32-28(35)31-24-12-17-36-19-24;2*1-2-20-6-8-21(9-7-20)22-12-15-31(16-13-22)28(32)24-10-11-26(23-4-3-5-23)27(18-24)30-29(33)35-25-14-17-34-19-25/h1,6-11,18,21,24H,3-5,12-17,19H2,(H2,31,32,35);2*1,6-11,18,22-23,25H,3-5,12-17,19H2,(H,30,33)/t24-;2*25-/m110/s1. The zero-order valence-electron chi connectivity index (χ0n) is 60.4. The van der Waals surface area contributed by atoms with Crippen molar-refractivity contribution in [2.45, 2.75) is 169 Å². The van der Waals surface area contributed by atoms with E-state index >= 15 is 4.39 Å². The minimum absolute atomic E-state index is 0.000873. The molecule has 7 amide bonds. The van der Waals surface area contributed by atoms with Crippen LogP contribution in [0.1, 0.15) is 226 Å². The Hall–Kier alpha value is -9.97. The molecule has 3 atom stereocenters. The first-order valence-electron chi connectivity index (χ1n) is 38.1. The van der Waals surface area contributed by atoms with E-state index in [1.54, 1.807) is 35.2 Å². The van der Waals surface area contributed by atoms with Crippen LogP contribution >= 0.6 is 0 Å².